The number of ether oxygens (including phenoxy) is 1. The number of Topliss-reactive ketones (excluding diaryl/α,β-unsaturated/α-hetero) is 1. The molecule has 0 saturated carbocycles. The summed E-state index contributed by atoms with van der Waals surface area (Å²) in [4.78, 5) is 12.0. The Labute approximate surface area is 105 Å². The van der Waals surface area contributed by atoms with Crippen LogP contribution in [0.2, 0.25) is 5.02 Å². The van der Waals surface area contributed by atoms with Crippen molar-refractivity contribution in [3.63, 3.8) is 0 Å². The number of carbonyl (C=O) groups excluding carboxylic acids is 1. The third kappa shape index (κ3) is 3.05. The van der Waals surface area contributed by atoms with Gasteiger partial charge < -0.3 is 4.74 Å². The van der Waals surface area contributed by atoms with Crippen LogP contribution >= 0.6 is 11.6 Å². The third-order valence-corrected chi connectivity index (χ3v) is 3.44. The van der Waals surface area contributed by atoms with Gasteiger partial charge in [-0.25, -0.2) is 4.39 Å². The molecule has 2 rings (SSSR count). The minimum atomic E-state index is -0.475. The second-order valence-corrected chi connectivity index (χ2v) is 4.65. The van der Waals surface area contributed by atoms with Crippen molar-refractivity contribution in [2.45, 2.75) is 19.3 Å². The quantitative estimate of drug-likeness (QED) is 0.831. The highest BCUT2D eigenvalue weighted by atomic mass is 35.5. The molecular formula is C13H14ClFO2. The largest absolute Gasteiger partial charge is 0.381 e. The average molecular weight is 257 g/mol. The molecule has 1 aliphatic rings. The smallest absolute Gasteiger partial charge is 0.142 e. The van der Waals surface area contributed by atoms with Gasteiger partial charge in [0.2, 0.25) is 0 Å². The van der Waals surface area contributed by atoms with Crippen LogP contribution in [0.25, 0.3) is 0 Å². The molecule has 0 radical (unpaired) electrons. The van der Waals surface area contributed by atoms with Crippen LogP contribution in [0.4, 0.5) is 4.39 Å². The Kier molecular flexibility index (Phi) is 4.13. The lowest BCUT2D eigenvalue weighted by Crippen LogP contribution is -2.26. The van der Waals surface area contributed by atoms with Crippen molar-refractivity contribution >= 4 is 17.4 Å². The standard InChI is InChI=1S/C13H14ClFO2/c14-13-9(3-1-5-11(13)15)7-12(16)10-4-2-6-17-8-10/h1,3,5,10H,2,4,6-8H2. The van der Waals surface area contributed by atoms with E-state index >= 15 is 0 Å². The van der Waals surface area contributed by atoms with Gasteiger partial charge in [0.05, 0.1) is 11.6 Å². The molecule has 1 heterocycles. The Morgan fingerprint density at radius 3 is 3.06 bits per heavy atom. The van der Waals surface area contributed by atoms with E-state index in [0.29, 0.717) is 12.2 Å². The summed E-state index contributed by atoms with van der Waals surface area (Å²) in [6.07, 6.45) is 1.95. The van der Waals surface area contributed by atoms with Crippen molar-refractivity contribution in [1.82, 2.24) is 0 Å². The highest BCUT2D eigenvalue weighted by Crippen LogP contribution is 2.23. The van der Waals surface area contributed by atoms with Crippen molar-refractivity contribution < 1.29 is 13.9 Å². The maximum absolute atomic E-state index is 13.2. The lowest BCUT2D eigenvalue weighted by Gasteiger charge is -2.21. The van der Waals surface area contributed by atoms with E-state index < -0.39 is 5.82 Å². The van der Waals surface area contributed by atoms with Gasteiger partial charge in [0.15, 0.2) is 0 Å². The minimum Gasteiger partial charge on any atom is -0.381 e. The maximum Gasteiger partial charge on any atom is 0.142 e. The SMILES string of the molecule is O=C(Cc1cccc(F)c1Cl)C1CCCOC1. The topological polar surface area (TPSA) is 26.3 Å². The number of halogens is 2. The van der Waals surface area contributed by atoms with Crippen LogP contribution in [0, 0.1) is 11.7 Å². The zero-order valence-electron chi connectivity index (χ0n) is 9.42. The summed E-state index contributed by atoms with van der Waals surface area (Å²) in [5, 5.41) is 0.0533. The Hall–Kier alpha value is -0.930. The normalized spacial score (nSPS) is 20.2. The van der Waals surface area contributed by atoms with Gasteiger partial charge >= 0.3 is 0 Å². The molecule has 1 aliphatic heterocycles. The molecule has 2 nitrogen and oxygen atoms in total. The first kappa shape index (κ1) is 12.5. The summed E-state index contributed by atoms with van der Waals surface area (Å²) in [7, 11) is 0. The number of rotatable bonds is 3. The fourth-order valence-electron chi connectivity index (χ4n) is 2.01. The van der Waals surface area contributed by atoms with E-state index in [1.165, 1.54) is 6.07 Å². The van der Waals surface area contributed by atoms with Gasteiger partial charge in [-0.05, 0) is 24.5 Å². The van der Waals surface area contributed by atoms with E-state index in [-0.39, 0.29) is 23.1 Å². The highest BCUT2D eigenvalue weighted by Gasteiger charge is 2.22. The number of carbonyl (C=O) groups is 1. The lowest BCUT2D eigenvalue weighted by molar-refractivity contribution is -0.126. The van der Waals surface area contributed by atoms with Crippen LogP contribution in [0.15, 0.2) is 18.2 Å². The van der Waals surface area contributed by atoms with Crippen LogP contribution in [0.5, 0.6) is 0 Å². The van der Waals surface area contributed by atoms with Crippen molar-refractivity contribution in [3.05, 3.63) is 34.6 Å². The zero-order chi connectivity index (χ0) is 12.3. The number of hydrogen-bond acceptors (Lipinski definition) is 2. The molecule has 1 unspecified atom stereocenters. The van der Waals surface area contributed by atoms with Crippen LogP contribution in [-0.4, -0.2) is 19.0 Å². The van der Waals surface area contributed by atoms with Gasteiger partial charge in [0.25, 0.3) is 0 Å². The Morgan fingerprint density at radius 2 is 2.35 bits per heavy atom. The number of benzene rings is 1. The van der Waals surface area contributed by atoms with Crippen molar-refractivity contribution in [2.24, 2.45) is 5.92 Å². The summed E-state index contributed by atoms with van der Waals surface area (Å²) >= 11 is 5.82. The first-order valence-corrected chi connectivity index (χ1v) is 6.09. The summed E-state index contributed by atoms with van der Waals surface area (Å²) < 4.78 is 18.5. The predicted molar refractivity (Wildman–Crippen MR) is 63.7 cm³/mol. The van der Waals surface area contributed by atoms with Gasteiger partial charge in [-0.2, -0.15) is 0 Å². The first-order chi connectivity index (χ1) is 8.18. The molecule has 0 spiro atoms. The van der Waals surface area contributed by atoms with Gasteiger partial charge in [0.1, 0.15) is 11.6 Å². The Bertz CT molecular complexity index is 414. The molecule has 0 N–H and O–H groups in total. The molecule has 1 aromatic carbocycles. The monoisotopic (exact) mass is 256 g/mol. The van der Waals surface area contributed by atoms with Crippen LogP contribution in [0.1, 0.15) is 18.4 Å². The van der Waals surface area contributed by atoms with Crippen LogP contribution in [0.3, 0.4) is 0 Å². The molecule has 0 aromatic heterocycles. The molecule has 1 atom stereocenters. The number of hydrogen-bond donors (Lipinski definition) is 0. The lowest BCUT2D eigenvalue weighted by atomic mass is 9.93. The zero-order valence-corrected chi connectivity index (χ0v) is 10.2. The van der Waals surface area contributed by atoms with E-state index in [9.17, 15) is 9.18 Å². The first-order valence-electron chi connectivity index (χ1n) is 5.72. The van der Waals surface area contributed by atoms with Crippen LogP contribution < -0.4 is 0 Å². The third-order valence-electron chi connectivity index (χ3n) is 3.01. The molecule has 1 fully saturated rings. The molecule has 0 aliphatic carbocycles. The minimum absolute atomic E-state index is 0.0533. The number of ketones is 1. The fraction of sp³-hybridized carbons (Fsp3) is 0.462. The van der Waals surface area contributed by atoms with Gasteiger partial charge in [-0.1, -0.05) is 23.7 Å². The molecular weight excluding hydrogens is 243 g/mol. The van der Waals surface area contributed by atoms with Gasteiger partial charge in [-0.15, -0.1) is 0 Å². The van der Waals surface area contributed by atoms with Gasteiger partial charge in [0, 0.05) is 18.9 Å². The van der Waals surface area contributed by atoms with Crippen LogP contribution in [-0.2, 0) is 16.0 Å². The second-order valence-electron chi connectivity index (χ2n) is 4.27. The summed E-state index contributed by atoms with van der Waals surface area (Å²) in [5.41, 5.74) is 0.558. The Morgan fingerprint density at radius 1 is 1.53 bits per heavy atom. The molecule has 1 saturated heterocycles. The average Bonchev–Trinajstić information content (AvgIpc) is 2.36. The molecule has 1 aromatic rings. The molecule has 0 amide bonds. The van der Waals surface area contributed by atoms with E-state index in [1.54, 1.807) is 12.1 Å². The van der Waals surface area contributed by atoms with Crippen molar-refractivity contribution in [3.8, 4) is 0 Å². The van der Waals surface area contributed by atoms with E-state index in [1.807, 2.05) is 0 Å². The van der Waals surface area contributed by atoms with E-state index in [4.69, 9.17) is 16.3 Å². The van der Waals surface area contributed by atoms with E-state index in [2.05, 4.69) is 0 Å². The van der Waals surface area contributed by atoms with Crippen molar-refractivity contribution in [2.75, 3.05) is 13.2 Å². The highest BCUT2D eigenvalue weighted by molar-refractivity contribution is 6.31. The van der Waals surface area contributed by atoms with Gasteiger partial charge in [-0.3, -0.25) is 4.79 Å². The summed E-state index contributed by atoms with van der Waals surface area (Å²) in [6, 6.07) is 4.55. The predicted octanol–water partition coefficient (Wildman–Crippen LogP) is 3.02. The summed E-state index contributed by atoms with van der Waals surface area (Å²) in [5.74, 6) is -0.461. The Balaban J connectivity index is 2.04. The van der Waals surface area contributed by atoms with E-state index in [0.717, 1.165) is 19.4 Å². The molecule has 92 valence electrons. The molecule has 0 bridgehead atoms. The summed E-state index contributed by atoms with van der Waals surface area (Å²) in [6.45, 7) is 1.20. The maximum atomic E-state index is 13.2. The van der Waals surface area contributed by atoms with Crippen molar-refractivity contribution in [1.29, 1.82) is 0 Å². The fourth-order valence-corrected chi connectivity index (χ4v) is 2.20. The molecule has 4 heteroatoms. The molecule has 17 heavy (non-hydrogen) atoms. The second kappa shape index (κ2) is 5.61.